The number of aromatic nitrogens is 2. The largest absolute Gasteiger partial charge is 0.344 e. The molecule has 0 fully saturated rings. The third-order valence-corrected chi connectivity index (χ3v) is 3.81. The number of nitrogens with one attached hydrogen (secondary N) is 2. The fraction of sp³-hybridized carbons (Fsp3) is 0.438. The number of rotatable bonds is 7. The van der Waals surface area contributed by atoms with Crippen molar-refractivity contribution in [1.29, 1.82) is 0 Å². The van der Waals surface area contributed by atoms with E-state index < -0.39 is 0 Å². The summed E-state index contributed by atoms with van der Waals surface area (Å²) in [6, 6.07) is 6.69. The highest BCUT2D eigenvalue weighted by molar-refractivity contribution is 6.30. The van der Waals surface area contributed by atoms with Crippen LogP contribution in [0.2, 0.25) is 5.15 Å². The first-order valence-electron chi connectivity index (χ1n) is 7.32. The van der Waals surface area contributed by atoms with Crippen LogP contribution in [-0.4, -0.2) is 9.97 Å². The van der Waals surface area contributed by atoms with Gasteiger partial charge in [0.2, 0.25) is 0 Å². The Morgan fingerprint density at radius 2 is 2.14 bits per heavy atom. The number of unbranched alkanes of at least 4 members (excludes halogenated alkanes) is 1. The minimum absolute atomic E-state index is 0.0929. The summed E-state index contributed by atoms with van der Waals surface area (Å²) in [5.41, 5.74) is 1.50. The van der Waals surface area contributed by atoms with Gasteiger partial charge in [-0.05, 0) is 19.4 Å². The Labute approximate surface area is 129 Å². The number of H-pyrrole nitrogens is 1. The molecule has 114 valence electrons. The third-order valence-electron chi connectivity index (χ3n) is 3.50. The molecule has 2 aromatic rings. The van der Waals surface area contributed by atoms with E-state index in [0.29, 0.717) is 17.3 Å². The van der Waals surface area contributed by atoms with Gasteiger partial charge in [0, 0.05) is 24.6 Å². The van der Waals surface area contributed by atoms with E-state index in [1.165, 1.54) is 6.07 Å². The zero-order valence-electron chi connectivity index (χ0n) is 12.4. The minimum atomic E-state index is -0.197. The normalized spacial score (nSPS) is 12.6. The van der Waals surface area contributed by atoms with Crippen molar-refractivity contribution in [3.63, 3.8) is 0 Å². The molecule has 2 rings (SSSR count). The van der Waals surface area contributed by atoms with Crippen molar-refractivity contribution in [2.45, 2.75) is 45.7 Å². The summed E-state index contributed by atoms with van der Waals surface area (Å²) < 4.78 is 13.7. The van der Waals surface area contributed by atoms with Crippen molar-refractivity contribution in [3.05, 3.63) is 52.3 Å². The summed E-state index contributed by atoms with van der Waals surface area (Å²) >= 11 is 6.13. The molecule has 0 saturated carbocycles. The van der Waals surface area contributed by atoms with E-state index in [1.54, 1.807) is 12.1 Å². The number of nitrogens with zero attached hydrogens (tertiary/aromatic N) is 1. The second-order valence-corrected chi connectivity index (χ2v) is 5.54. The van der Waals surface area contributed by atoms with Crippen LogP contribution in [0.15, 0.2) is 24.3 Å². The predicted molar refractivity (Wildman–Crippen MR) is 83.9 cm³/mol. The van der Waals surface area contributed by atoms with Crippen LogP contribution in [0, 0.1) is 5.82 Å². The van der Waals surface area contributed by atoms with Gasteiger partial charge >= 0.3 is 0 Å². The average molecular weight is 310 g/mol. The molecule has 0 bridgehead atoms. The van der Waals surface area contributed by atoms with Crippen molar-refractivity contribution in [1.82, 2.24) is 15.3 Å². The number of imidazole rings is 1. The molecular formula is C16H21ClFN3. The van der Waals surface area contributed by atoms with Gasteiger partial charge in [-0.15, -0.1) is 0 Å². The lowest BCUT2D eigenvalue weighted by atomic mass is 10.1. The van der Waals surface area contributed by atoms with E-state index in [2.05, 4.69) is 22.2 Å². The summed E-state index contributed by atoms with van der Waals surface area (Å²) in [4.78, 5) is 7.55. The van der Waals surface area contributed by atoms with Crippen molar-refractivity contribution < 1.29 is 4.39 Å². The molecule has 2 N–H and O–H groups in total. The second kappa shape index (κ2) is 7.57. The van der Waals surface area contributed by atoms with Gasteiger partial charge in [-0.3, -0.25) is 0 Å². The van der Waals surface area contributed by atoms with Crippen LogP contribution >= 0.6 is 11.6 Å². The standard InChI is InChI=1S/C16H21ClFN3/c1-3-4-9-15-20-14(16(17)21-15)10-19-11(2)12-7-5-6-8-13(12)18/h5-8,11,19H,3-4,9-10H2,1-2H3,(H,20,21). The van der Waals surface area contributed by atoms with Gasteiger partial charge in [-0.1, -0.05) is 43.1 Å². The summed E-state index contributed by atoms with van der Waals surface area (Å²) in [6.07, 6.45) is 3.11. The fourth-order valence-corrected chi connectivity index (χ4v) is 2.43. The molecule has 0 aliphatic heterocycles. The van der Waals surface area contributed by atoms with Crippen molar-refractivity contribution in [2.75, 3.05) is 0 Å². The Kier molecular flexibility index (Phi) is 5.76. The first-order chi connectivity index (χ1) is 10.1. The highest BCUT2D eigenvalue weighted by atomic mass is 35.5. The number of hydrogen-bond donors (Lipinski definition) is 2. The Hall–Kier alpha value is -1.39. The second-order valence-electron chi connectivity index (χ2n) is 5.18. The van der Waals surface area contributed by atoms with E-state index >= 15 is 0 Å². The molecule has 5 heteroatoms. The molecular weight excluding hydrogens is 289 g/mol. The van der Waals surface area contributed by atoms with E-state index in [4.69, 9.17) is 11.6 Å². The summed E-state index contributed by atoms with van der Waals surface area (Å²) in [5, 5.41) is 3.77. The van der Waals surface area contributed by atoms with Crippen LogP contribution in [0.25, 0.3) is 0 Å². The lowest BCUT2D eigenvalue weighted by molar-refractivity contribution is 0.525. The molecule has 0 spiro atoms. The molecule has 0 aliphatic rings. The van der Waals surface area contributed by atoms with Crippen LogP contribution in [0.4, 0.5) is 4.39 Å². The van der Waals surface area contributed by atoms with Gasteiger partial charge in [-0.25, -0.2) is 9.37 Å². The van der Waals surface area contributed by atoms with E-state index in [-0.39, 0.29) is 11.9 Å². The maximum Gasteiger partial charge on any atom is 0.151 e. The van der Waals surface area contributed by atoms with Crippen molar-refractivity contribution >= 4 is 11.6 Å². The van der Waals surface area contributed by atoms with Crippen LogP contribution in [0.5, 0.6) is 0 Å². The van der Waals surface area contributed by atoms with Gasteiger partial charge in [0.25, 0.3) is 0 Å². The van der Waals surface area contributed by atoms with E-state index in [0.717, 1.165) is 30.8 Å². The zero-order chi connectivity index (χ0) is 15.2. The SMILES string of the molecule is CCCCc1nc(Cl)c(CNC(C)c2ccccc2F)[nH]1. The Morgan fingerprint density at radius 1 is 1.38 bits per heavy atom. The first-order valence-corrected chi connectivity index (χ1v) is 7.70. The minimum Gasteiger partial charge on any atom is -0.344 e. The predicted octanol–water partition coefficient (Wildman–Crippen LogP) is 4.40. The molecule has 1 unspecified atom stereocenters. The van der Waals surface area contributed by atoms with Crippen molar-refractivity contribution in [3.8, 4) is 0 Å². The zero-order valence-corrected chi connectivity index (χ0v) is 13.2. The quantitative estimate of drug-likeness (QED) is 0.796. The molecule has 1 aromatic carbocycles. The Balaban J connectivity index is 1.96. The monoisotopic (exact) mass is 309 g/mol. The Bertz CT molecular complexity index is 583. The maximum absolute atomic E-state index is 13.7. The summed E-state index contributed by atoms with van der Waals surface area (Å²) in [5.74, 6) is 0.717. The first kappa shape index (κ1) is 16.0. The van der Waals surface area contributed by atoms with Gasteiger partial charge < -0.3 is 10.3 Å². The summed E-state index contributed by atoms with van der Waals surface area (Å²) in [6.45, 7) is 4.61. The van der Waals surface area contributed by atoms with Crippen molar-refractivity contribution in [2.24, 2.45) is 0 Å². The molecule has 21 heavy (non-hydrogen) atoms. The lowest BCUT2D eigenvalue weighted by Crippen LogP contribution is -2.19. The van der Waals surface area contributed by atoms with E-state index in [9.17, 15) is 4.39 Å². The third kappa shape index (κ3) is 4.29. The highest BCUT2D eigenvalue weighted by Gasteiger charge is 2.12. The molecule has 0 aliphatic carbocycles. The van der Waals surface area contributed by atoms with Crippen LogP contribution in [0.3, 0.4) is 0 Å². The number of aryl methyl sites for hydroxylation is 1. The maximum atomic E-state index is 13.7. The average Bonchev–Trinajstić information content (AvgIpc) is 2.83. The van der Waals surface area contributed by atoms with Crippen LogP contribution in [-0.2, 0) is 13.0 Å². The molecule has 0 saturated heterocycles. The number of hydrogen-bond acceptors (Lipinski definition) is 2. The lowest BCUT2D eigenvalue weighted by Gasteiger charge is -2.14. The van der Waals surface area contributed by atoms with Gasteiger partial charge in [-0.2, -0.15) is 0 Å². The molecule has 0 amide bonds. The smallest absolute Gasteiger partial charge is 0.151 e. The molecule has 1 heterocycles. The van der Waals surface area contributed by atoms with Gasteiger partial charge in [0.15, 0.2) is 5.15 Å². The van der Waals surface area contributed by atoms with E-state index in [1.807, 2.05) is 13.0 Å². The number of benzene rings is 1. The number of aromatic amines is 1. The topological polar surface area (TPSA) is 40.7 Å². The Morgan fingerprint density at radius 3 is 2.86 bits per heavy atom. The van der Waals surface area contributed by atoms with Crippen LogP contribution in [0.1, 0.15) is 49.8 Å². The highest BCUT2D eigenvalue weighted by Crippen LogP contribution is 2.18. The molecule has 1 aromatic heterocycles. The number of halogens is 2. The van der Waals surface area contributed by atoms with Crippen LogP contribution < -0.4 is 5.32 Å². The molecule has 3 nitrogen and oxygen atoms in total. The summed E-state index contributed by atoms with van der Waals surface area (Å²) in [7, 11) is 0. The fourth-order valence-electron chi connectivity index (χ4n) is 2.21. The van der Waals surface area contributed by atoms with Gasteiger partial charge in [0.05, 0.1) is 5.69 Å². The van der Waals surface area contributed by atoms with Gasteiger partial charge in [0.1, 0.15) is 11.6 Å². The molecule has 0 radical (unpaired) electrons. The molecule has 1 atom stereocenters.